The Kier molecular flexibility index (Phi) is 5.26. The van der Waals surface area contributed by atoms with Crippen LogP contribution in [0, 0.1) is 17.3 Å². The molecule has 1 N–H and O–H groups in total. The first-order chi connectivity index (χ1) is 14.6. The van der Waals surface area contributed by atoms with Crippen molar-refractivity contribution in [1.29, 1.82) is 0 Å². The standard InChI is InChI=1S/C27H34O3/c1-3-29-25-16-22-19(15-24(25)30-17-18-7-5-4-6-8-18)9-10-21-20(22)13-14-27(2)23(21)11-12-26(27)28/h4-8,15-16,20-21,23,26,28H,3,9-14,17H2,1-2H3/t20-,21+,23-,26?,27-/m0/s1. The highest BCUT2D eigenvalue weighted by Gasteiger charge is 2.54. The van der Waals surface area contributed by atoms with Crippen LogP contribution in [0.25, 0.3) is 0 Å². The Hall–Kier alpha value is -2.00. The number of benzene rings is 2. The van der Waals surface area contributed by atoms with Gasteiger partial charge in [-0.15, -0.1) is 0 Å². The van der Waals surface area contributed by atoms with E-state index in [1.165, 1.54) is 36.0 Å². The van der Waals surface area contributed by atoms with Gasteiger partial charge in [0.2, 0.25) is 0 Å². The molecule has 0 aliphatic heterocycles. The van der Waals surface area contributed by atoms with Gasteiger partial charge in [-0.2, -0.15) is 0 Å². The highest BCUT2D eigenvalue weighted by molar-refractivity contribution is 5.50. The van der Waals surface area contributed by atoms with E-state index < -0.39 is 0 Å². The van der Waals surface area contributed by atoms with Crippen LogP contribution in [0.2, 0.25) is 0 Å². The summed E-state index contributed by atoms with van der Waals surface area (Å²) in [4.78, 5) is 0. The Morgan fingerprint density at radius 3 is 2.60 bits per heavy atom. The molecule has 2 fully saturated rings. The SMILES string of the molecule is CCOc1cc2c(cc1OCc1ccccc1)CC[C@@H]1[C@@H]2CC[C@]2(C)C(O)CC[C@@H]12. The number of rotatable bonds is 5. The zero-order valence-electron chi connectivity index (χ0n) is 18.3. The number of ether oxygens (including phenoxy) is 2. The predicted molar refractivity (Wildman–Crippen MR) is 119 cm³/mol. The lowest BCUT2D eigenvalue weighted by molar-refractivity contribution is -0.0226. The van der Waals surface area contributed by atoms with E-state index in [-0.39, 0.29) is 11.5 Å². The third-order valence-corrected chi connectivity index (χ3v) is 8.28. The molecule has 5 atom stereocenters. The average molecular weight is 407 g/mol. The zero-order valence-corrected chi connectivity index (χ0v) is 18.3. The Labute approximate surface area is 180 Å². The molecule has 1 unspecified atom stereocenters. The monoisotopic (exact) mass is 406 g/mol. The number of aryl methyl sites for hydroxylation is 1. The smallest absolute Gasteiger partial charge is 0.161 e. The second-order valence-electron chi connectivity index (χ2n) is 9.76. The fourth-order valence-electron chi connectivity index (χ4n) is 6.67. The fourth-order valence-corrected chi connectivity index (χ4v) is 6.67. The molecule has 3 aliphatic carbocycles. The Morgan fingerprint density at radius 2 is 1.80 bits per heavy atom. The highest BCUT2D eigenvalue weighted by Crippen LogP contribution is 2.61. The van der Waals surface area contributed by atoms with Crippen molar-refractivity contribution in [3.63, 3.8) is 0 Å². The van der Waals surface area contributed by atoms with Crippen molar-refractivity contribution in [2.75, 3.05) is 6.61 Å². The minimum absolute atomic E-state index is 0.113. The lowest BCUT2D eigenvalue weighted by Crippen LogP contribution is -2.43. The molecule has 2 saturated carbocycles. The van der Waals surface area contributed by atoms with Gasteiger partial charge in [-0.1, -0.05) is 37.3 Å². The lowest BCUT2D eigenvalue weighted by atomic mass is 9.55. The van der Waals surface area contributed by atoms with Crippen LogP contribution in [0.1, 0.15) is 68.6 Å². The maximum Gasteiger partial charge on any atom is 0.161 e. The van der Waals surface area contributed by atoms with Crippen molar-refractivity contribution in [2.45, 2.75) is 71.0 Å². The van der Waals surface area contributed by atoms with E-state index in [1.54, 1.807) is 0 Å². The summed E-state index contributed by atoms with van der Waals surface area (Å²) >= 11 is 0. The number of fused-ring (bicyclic) bond motifs is 5. The lowest BCUT2D eigenvalue weighted by Gasteiger charge is -2.50. The number of aliphatic hydroxyl groups is 1. The highest BCUT2D eigenvalue weighted by atomic mass is 16.5. The van der Waals surface area contributed by atoms with Crippen LogP contribution in [0.5, 0.6) is 11.5 Å². The molecular weight excluding hydrogens is 372 g/mol. The first-order valence-corrected chi connectivity index (χ1v) is 11.7. The minimum atomic E-state index is -0.113. The maximum atomic E-state index is 10.6. The van der Waals surface area contributed by atoms with Crippen molar-refractivity contribution >= 4 is 0 Å². The molecule has 160 valence electrons. The summed E-state index contributed by atoms with van der Waals surface area (Å²) in [6, 6.07) is 14.8. The molecule has 0 amide bonds. The number of hydrogen-bond acceptors (Lipinski definition) is 3. The van der Waals surface area contributed by atoms with Gasteiger partial charge in [-0.05, 0) is 97.4 Å². The molecule has 30 heavy (non-hydrogen) atoms. The van der Waals surface area contributed by atoms with Crippen molar-refractivity contribution in [3.05, 3.63) is 59.2 Å². The van der Waals surface area contributed by atoms with E-state index in [9.17, 15) is 5.11 Å². The average Bonchev–Trinajstić information content (AvgIpc) is 3.07. The van der Waals surface area contributed by atoms with Crippen molar-refractivity contribution in [2.24, 2.45) is 17.3 Å². The van der Waals surface area contributed by atoms with Crippen LogP contribution in [0.3, 0.4) is 0 Å². The molecule has 2 aromatic rings. The third-order valence-electron chi connectivity index (χ3n) is 8.28. The topological polar surface area (TPSA) is 38.7 Å². The molecule has 3 heteroatoms. The largest absolute Gasteiger partial charge is 0.490 e. The summed E-state index contributed by atoms with van der Waals surface area (Å²) in [5, 5.41) is 10.6. The summed E-state index contributed by atoms with van der Waals surface area (Å²) in [5.41, 5.74) is 4.21. The Balaban J connectivity index is 1.43. The van der Waals surface area contributed by atoms with Gasteiger partial charge in [0.1, 0.15) is 6.61 Å². The number of aliphatic hydroxyl groups excluding tert-OH is 1. The van der Waals surface area contributed by atoms with Crippen LogP contribution < -0.4 is 9.47 Å². The first-order valence-electron chi connectivity index (χ1n) is 11.7. The van der Waals surface area contributed by atoms with E-state index in [1.807, 2.05) is 25.1 Å². The van der Waals surface area contributed by atoms with Crippen LogP contribution in [0.4, 0.5) is 0 Å². The quantitative estimate of drug-likeness (QED) is 0.674. The van der Waals surface area contributed by atoms with Gasteiger partial charge in [0.05, 0.1) is 12.7 Å². The van der Waals surface area contributed by atoms with Gasteiger partial charge in [-0.3, -0.25) is 0 Å². The molecule has 0 bridgehead atoms. The van der Waals surface area contributed by atoms with E-state index >= 15 is 0 Å². The van der Waals surface area contributed by atoms with Crippen molar-refractivity contribution in [1.82, 2.24) is 0 Å². The van der Waals surface area contributed by atoms with Gasteiger partial charge in [0.25, 0.3) is 0 Å². The maximum absolute atomic E-state index is 10.6. The summed E-state index contributed by atoms with van der Waals surface area (Å²) in [6.07, 6.45) is 6.70. The summed E-state index contributed by atoms with van der Waals surface area (Å²) in [5.74, 6) is 3.70. The molecule has 2 aromatic carbocycles. The molecule has 5 rings (SSSR count). The second-order valence-corrected chi connectivity index (χ2v) is 9.76. The predicted octanol–water partition coefficient (Wildman–Crippen LogP) is 5.88. The van der Waals surface area contributed by atoms with Gasteiger partial charge in [0, 0.05) is 0 Å². The van der Waals surface area contributed by atoms with Gasteiger partial charge in [-0.25, -0.2) is 0 Å². The van der Waals surface area contributed by atoms with E-state index in [2.05, 4.69) is 31.2 Å². The second kappa shape index (κ2) is 7.92. The molecule has 0 saturated heterocycles. The molecule has 0 aromatic heterocycles. The van der Waals surface area contributed by atoms with Gasteiger partial charge in [0.15, 0.2) is 11.5 Å². The fraction of sp³-hybridized carbons (Fsp3) is 0.556. The van der Waals surface area contributed by atoms with E-state index in [0.29, 0.717) is 31.0 Å². The van der Waals surface area contributed by atoms with Crippen molar-refractivity contribution in [3.8, 4) is 11.5 Å². The van der Waals surface area contributed by atoms with Gasteiger partial charge >= 0.3 is 0 Å². The Morgan fingerprint density at radius 1 is 1.00 bits per heavy atom. The summed E-state index contributed by atoms with van der Waals surface area (Å²) < 4.78 is 12.2. The van der Waals surface area contributed by atoms with E-state index in [4.69, 9.17) is 9.47 Å². The van der Waals surface area contributed by atoms with Gasteiger partial charge < -0.3 is 14.6 Å². The first kappa shape index (κ1) is 19.9. The number of hydrogen-bond donors (Lipinski definition) is 1. The molecule has 0 heterocycles. The molecule has 0 radical (unpaired) electrons. The van der Waals surface area contributed by atoms with Crippen molar-refractivity contribution < 1.29 is 14.6 Å². The molecule has 3 nitrogen and oxygen atoms in total. The molecular formula is C27H34O3. The molecule has 3 aliphatic rings. The van der Waals surface area contributed by atoms with Crippen LogP contribution in [0.15, 0.2) is 42.5 Å². The van der Waals surface area contributed by atoms with E-state index in [0.717, 1.165) is 30.8 Å². The van der Waals surface area contributed by atoms with Crippen LogP contribution in [-0.4, -0.2) is 17.8 Å². The molecule has 0 spiro atoms. The van der Waals surface area contributed by atoms with Crippen LogP contribution >= 0.6 is 0 Å². The minimum Gasteiger partial charge on any atom is -0.490 e. The summed E-state index contributed by atoms with van der Waals surface area (Å²) in [6.45, 7) is 5.58. The zero-order chi connectivity index (χ0) is 20.7. The normalized spacial score (nSPS) is 32.1. The third kappa shape index (κ3) is 3.32. The Bertz CT molecular complexity index is 892. The van der Waals surface area contributed by atoms with Crippen LogP contribution in [-0.2, 0) is 13.0 Å². The summed E-state index contributed by atoms with van der Waals surface area (Å²) in [7, 11) is 0.